The van der Waals surface area contributed by atoms with Crippen LogP contribution in [0.15, 0.2) is 46.2 Å². The van der Waals surface area contributed by atoms with Crippen LogP contribution in [0.5, 0.6) is 0 Å². The van der Waals surface area contributed by atoms with Crippen molar-refractivity contribution in [1.29, 1.82) is 9.56 Å². The molecule has 0 aromatic heterocycles. The van der Waals surface area contributed by atoms with Crippen molar-refractivity contribution in [3.8, 4) is 0 Å². The Morgan fingerprint density at radius 1 is 0.706 bits per heavy atom. The summed E-state index contributed by atoms with van der Waals surface area (Å²) in [5.41, 5.74) is 1.18. The average molecular weight is 515 g/mol. The summed E-state index contributed by atoms with van der Waals surface area (Å²) in [6.45, 7) is 6.24. The van der Waals surface area contributed by atoms with Crippen LogP contribution < -0.4 is 20.4 Å². The quantitative estimate of drug-likeness (QED) is 0.499. The van der Waals surface area contributed by atoms with Crippen molar-refractivity contribution >= 4 is 30.8 Å². The van der Waals surface area contributed by atoms with Gasteiger partial charge in [0.2, 0.25) is 0 Å². The fraction of sp³-hybridized carbons (Fsp3) is 0.455. The lowest BCUT2D eigenvalue weighted by atomic mass is 10.2. The second-order valence-corrected chi connectivity index (χ2v) is 12.5. The van der Waals surface area contributed by atoms with Gasteiger partial charge in [-0.15, -0.1) is 0 Å². The van der Waals surface area contributed by atoms with Crippen LogP contribution in [0.4, 0.5) is 20.2 Å². The first-order chi connectivity index (χ1) is 16.0. The van der Waals surface area contributed by atoms with Gasteiger partial charge >= 0.3 is 0 Å². The van der Waals surface area contributed by atoms with Crippen LogP contribution in [0.2, 0.25) is 0 Å². The molecule has 0 spiro atoms. The molecule has 0 saturated carbocycles. The first-order valence-corrected chi connectivity index (χ1v) is 14.9. The molecule has 12 heteroatoms. The van der Waals surface area contributed by atoms with E-state index >= 15 is 0 Å². The lowest BCUT2D eigenvalue weighted by Crippen LogP contribution is -2.44. The molecule has 2 atom stereocenters. The van der Waals surface area contributed by atoms with E-state index in [2.05, 4.69) is 10.6 Å². The molecule has 0 radical (unpaired) electrons. The lowest BCUT2D eigenvalue weighted by molar-refractivity contribution is 0.568. The van der Waals surface area contributed by atoms with E-state index in [1.807, 2.05) is 9.80 Å². The summed E-state index contributed by atoms with van der Waals surface area (Å²) in [6, 6.07) is 9.20. The van der Waals surface area contributed by atoms with Crippen molar-refractivity contribution in [2.24, 2.45) is 0 Å². The SMILES string of the molecule is C[S@@](=N)(=O)c1c(F)cccc1N1CCNCC1.C[S@](=N)(=O)c1c(F)cccc1N1CCNCC1. The van der Waals surface area contributed by atoms with E-state index < -0.39 is 31.1 Å². The predicted molar refractivity (Wildman–Crippen MR) is 133 cm³/mol. The summed E-state index contributed by atoms with van der Waals surface area (Å²) >= 11 is 0. The standard InChI is InChI=1S/2C11H16FN3OS/c2*1-17(13,16)11-9(12)3-2-4-10(11)15-7-5-14-6-8-15/h2*2-4,13-14H,5-8H2,1H3/t2*17-/m10/s1. The molecule has 34 heavy (non-hydrogen) atoms. The van der Waals surface area contributed by atoms with E-state index in [1.165, 1.54) is 24.6 Å². The summed E-state index contributed by atoms with van der Waals surface area (Å²) in [5.74, 6) is -1.10. The van der Waals surface area contributed by atoms with Gasteiger partial charge in [0.05, 0.1) is 30.8 Å². The number of benzene rings is 2. The average Bonchev–Trinajstić information content (AvgIpc) is 2.79. The Kier molecular flexibility index (Phi) is 8.50. The van der Waals surface area contributed by atoms with Crippen LogP contribution in [0, 0.1) is 21.2 Å². The maximum atomic E-state index is 13.8. The molecule has 2 saturated heterocycles. The lowest BCUT2D eigenvalue weighted by Gasteiger charge is -2.31. The molecule has 188 valence electrons. The first kappa shape index (κ1) is 26.3. The molecule has 0 amide bonds. The molecule has 4 rings (SSSR count). The van der Waals surface area contributed by atoms with Gasteiger partial charge in [0, 0.05) is 64.9 Å². The molecule has 0 aliphatic carbocycles. The summed E-state index contributed by atoms with van der Waals surface area (Å²) in [5, 5.41) is 6.41. The first-order valence-electron chi connectivity index (χ1n) is 11.0. The van der Waals surface area contributed by atoms with Gasteiger partial charge in [0.15, 0.2) is 0 Å². The van der Waals surface area contributed by atoms with Gasteiger partial charge in [-0.2, -0.15) is 0 Å². The Morgan fingerprint density at radius 3 is 1.32 bits per heavy atom. The molecule has 4 N–H and O–H groups in total. The zero-order valence-electron chi connectivity index (χ0n) is 19.4. The molecular formula is C22H32F2N6O2S2. The molecule has 2 aliphatic heterocycles. The van der Waals surface area contributed by atoms with Crippen molar-refractivity contribution in [2.75, 3.05) is 74.7 Å². The number of rotatable bonds is 4. The monoisotopic (exact) mass is 514 g/mol. The van der Waals surface area contributed by atoms with Crippen LogP contribution in [-0.4, -0.2) is 73.3 Å². The molecular weight excluding hydrogens is 482 g/mol. The van der Waals surface area contributed by atoms with Crippen molar-refractivity contribution in [3.05, 3.63) is 48.0 Å². The van der Waals surface area contributed by atoms with Gasteiger partial charge in [-0.3, -0.25) is 0 Å². The summed E-state index contributed by atoms with van der Waals surface area (Å²) < 4.78 is 66.5. The maximum Gasteiger partial charge on any atom is 0.142 e. The van der Waals surface area contributed by atoms with E-state index in [4.69, 9.17) is 9.56 Å². The van der Waals surface area contributed by atoms with Gasteiger partial charge in [0.1, 0.15) is 21.4 Å². The molecule has 2 aromatic carbocycles. The number of nitrogens with zero attached hydrogens (tertiary/aromatic N) is 2. The van der Waals surface area contributed by atoms with Crippen LogP contribution in [0.25, 0.3) is 0 Å². The fourth-order valence-corrected chi connectivity index (χ4v) is 6.15. The Labute approximate surface area is 200 Å². The molecule has 2 heterocycles. The van der Waals surface area contributed by atoms with E-state index in [1.54, 1.807) is 24.3 Å². The molecule has 0 unspecified atom stereocenters. The second-order valence-electron chi connectivity index (χ2n) is 8.34. The Morgan fingerprint density at radius 2 is 1.03 bits per heavy atom. The number of hydrogen-bond acceptors (Lipinski definition) is 8. The van der Waals surface area contributed by atoms with Crippen molar-refractivity contribution in [1.82, 2.24) is 10.6 Å². The highest BCUT2D eigenvalue weighted by Crippen LogP contribution is 2.29. The zero-order valence-corrected chi connectivity index (χ0v) is 21.0. The summed E-state index contributed by atoms with van der Waals surface area (Å²) in [4.78, 5) is 4.02. The molecule has 0 bridgehead atoms. The Balaban J connectivity index is 0.000000191. The van der Waals surface area contributed by atoms with E-state index in [0.29, 0.717) is 11.4 Å². The minimum absolute atomic E-state index is 0.0295. The van der Waals surface area contributed by atoms with Crippen molar-refractivity contribution in [3.63, 3.8) is 0 Å². The third kappa shape index (κ3) is 6.44. The van der Waals surface area contributed by atoms with Gasteiger partial charge in [0.25, 0.3) is 0 Å². The number of halogens is 2. The number of hydrogen-bond donors (Lipinski definition) is 4. The smallest absolute Gasteiger partial charge is 0.142 e. The predicted octanol–water partition coefficient (Wildman–Crippen LogP) is 2.54. The molecule has 8 nitrogen and oxygen atoms in total. The highest BCUT2D eigenvalue weighted by molar-refractivity contribution is 7.92. The van der Waals surface area contributed by atoms with Crippen LogP contribution in [-0.2, 0) is 19.5 Å². The third-order valence-electron chi connectivity index (χ3n) is 5.59. The maximum absolute atomic E-state index is 13.8. The van der Waals surface area contributed by atoms with Gasteiger partial charge in [-0.25, -0.2) is 26.8 Å². The molecule has 2 aromatic rings. The molecule has 2 aliphatic rings. The van der Waals surface area contributed by atoms with Gasteiger partial charge in [-0.05, 0) is 24.3 Å². The molecule has 2 fully saturated rings. The highest BCUT2D eigenvalue weighted by atomic mass is 32.2. The van der Waals surface area contributed by atoms with Crippen LogP contribution in [0.3, 0.4) is 0 Å². The van der Waals surface area contributed by atoms with Crippen LogP contribution >= 0.6 is 0 Å². The topological polar surface area (TPSA) is 112 Å². The number of piperazine rings is 2. The minimum Gasteiger partial charge on any atom is -0.368 e. The minimum atomic E-state index is -3.05. The van der Waals surface area contributed by atoms with Gasteiger partial charge < -0.3 is 20.4 Å². The van der Waals surface area contributed by atoms with E-state index in [9.17, 15) is 17.2 Å². The Hall–Kier alpha value is -2.28. The van der Waals surface area contributed by atoms with Crippen LogP contribution in [0.1, 0.15) is 0 Å². The highest BCUT2D eigenvalue weighted by Gasteiger charge is 2.22. The van der Waals surface area contributed by atoms with E-state index in [-0.39, 0.29) is 9.79 Å². The second kappa shape index (κ2) is 11.0. The third-order valence-corrected chi connectivity index (χ3v) is 7.95. The van der Waals surface area contributed by atoms with Crippen molar-refractivity contribution in [2.45, 2.75) is 9.79 Å². The Bertz CT molecular complexity index is 1110. The van der Waals surface area contributed by atoms with E-state index in [0.717, 1.165) is 52.4 Å². The number of anilines is 2. The summed E-state index contributed by atoms with van der Waals surface area (Å²) in [6.07, 6.45) is 2.52. The zero-order chi connectivity index (χ0) is 24.9. The van der Waals surface area contributed by atoms with Gasteiger partial charge in [-0.1, -0.05) is 12.1 Å². The fourth-order valence-electron chi connectivity index (χ4n) is 4.08. The number of nitrogens with one attached hydrogen (secondary N) is 4. The summed E-state index contributed by atoms with van der Waals surface area (Å²) in [7, 11) is -6.10. The van der Waals surface area contributed by atoms with Crippen molar-refractivity contribution < 1.29 is 17.2 Å². The largest absolute Gasteiger partial charge is 0.368 e. The normalized spacial score (nSPS) is 20.0.